The second-order valence-corrected chi connectivity index (χ2v) is 4.61. The molecule has 2 rings (SSSR count). The van der Waals surface area contributed by atoms with Gasteiger partial charge in [0.1, 0.15) is 5.82 Å². The first-order valence-corrected chi connectivity index (χ1v) is 5.90. The zero-order chi connectivity index (χ0) is 12.4. The number of hydrogen-bond acceptors (Lipinski definition) is 3. The number of halogens is 1. The number of hydrogen-bond donors (Lipinski definition) is 1. The Morgan fingerprint density at radius 1 is 1.18 bits per heavy atom. The third-order valence-electron chi connectivity index (χ3n) is 2.44. The number of anilines is 1. The Kier molecular flexibility index (Phi) is 3.24. The number of Topliss-reactive ketones (excluding diaryl/α,β-unsaturated/α-hetero) is 1. The largest absolute Gasteiger partial charge is 0.383 e. The molecule has 0 spiro atoms. The second kappa shape index (κ2) is 4.67. The Bertz CT molecular complexity index is 564. The Labute approximate surface area is 108 Å². The molecule has 86 valence electrons. The molecule has 0 fully saturated rings. The Morgan fingerprint density at radius 3 is 2.35 bits per heavy atom. The fraction of sp³-hybridized carbons (Fsp3) is 0.0769. The summed E-state index contributed by atoms with van der Waals surface area (Å²) in [7, 11) is 0. The van der Waals surface area contributed by atoms with Gasteiger partial charge < -0.3 is 5.73 Å². The van der Waals surface area contributed by atoms with E-state index in [1.807, 2.05) is 24.3 Å². The van der Waals surface area contributed by atoms with Gasteiger partial charge in [0.15, 0.2) is 5.78 Å². The minimum Gasteiger partial charge on any atom is -0.383 e. The maximum atomic E-state index is 11.2. The van der Waals surface area contributed by atoms with Gasteiger partial charge in [0.2, 0.25) is 0 Å². The van der Waals surface area contributed by atoms with E-state index in [1.54, 1.807) is 12.1 Å². The summed E-state index contributed by atoms with van der Waals surface area (Å²) >= 11 is 3.37. The highest BCUT2D eigenvalue weighted by Gasteiger charge is 2.07. The molecule has 0 radical (unpaired) electrons. The molecule has 0 saturated heterocycles. The summed E-state index contributed by atoms with van der Waals surface area (Å²) in [6, 6.07) is 11.3. The van der Waals surface area contributed by atoms with Crippen molar-refractivity contribution in [2.45, 2.75) is 6.92 Å². The van der Waals surface area contributed by atoms with Gasteiger partial charge in [-0.2, -0.15) is 0 Å². The molecule has 3 nitrogen and oxygen atoms in total. The molecule has 0 amide bonds. The number of nitrogens with two attached hydrogens (primary N) is 1. The molecule has 0 aliphatic heterocycles. The van der Waals surface area contributed by atoms with Crippen LogP contribution in [0.3, 0.4) is 0 Å². The summed E-state index contributed by atoms with van der Waals surface area (Å²) in [5.41, 5.74) is 7.94. The van der Waals surface area contributed by atoms with E-state index in [9.17, 15) is 4.79 Å². The van der Waals surface area contributed by atoms with Crippen LogP contribution < -0.4 is 5.73 Å². The van der Waals surface area contributed by atoms with Crippen LogP contribution in [-0.4, -0.2) is 10.8 Å². The molecule has 4 heteroatoms. The first-order valence-electron chi connectivity index (χ1n) is 5.11. The molecule has 0 saturated carbocycles. The standard InChI is InChI=1S/C13H11BrN2O/c1-8(17)11-6-7-12(16-13(11)15)9-2-4-10(14)5-3-9/h2-7H,1H3,(H2,15,16). The number of carbonyl (C=O) groups is 1. The molecule has 1 aromatic carbocycles. The van der Waals surface area contributed by atoms with Crippen molar-refractivity contribution in [2.75, 3.05) is 5.73 Å². The van der Waals surface area contributed by atoms with Crippen molar-refractivity contribution in [1.29, 1.82) is 0 Å². The van der Waals surface area contributed by atoms with Gasteiger partial charge in [-0.3, -0.25) is 4.79 Å². The highest BCUT2D eigenvalue weighted by molar-refractivity contribution is 9.10. The SMILES string of the molecule is CC(=O)c1ccc(-c2ccc(Br)cc2)nc1N. The third kappa shape index (κ3) is 2.53. The minimum absolute atomic E-state index is 0.0719. The maximum absolute atomic E-state index is 11.2. The molecule has 1 aromatic heterocycles. The Balaban J connectivity index is 2.44. The van der Waals surface area contributed by atoms with Gasteiger partial charge in [0.25, 0.3) is 0 Å². The smallest absolute Gasteiger partial charge is 0.163 e. The first kappa shape index (κ1) is 11.8. The molecule has 2 aromatic rings. The molecule has 17 heavy (non-hydrogen) atoms. The molecule has 0 bridgehead atoms. The van der Waals surface area contributed by atoms with E-state index < -0.39 is 0 Å². The van der Waals surface area contributed by atoms with Gasteiger partial charge in [0, 0.05) is 10.0 Å². The predicted molar refractivity (Wildman–Crippen MR) is 71.8 cm³/mol. The highest BCUT2D eigenvalue weighted by Crippen LogP contribution is 2.22. The van der Waals surface area contributed by atoms with E-state index in [1.165, 1.54) is 6.92 Å². The lowest BCUT2D eigenvalue weighted by Gasteiger charge is -2.05. The van der Waals surface area contributed by atoms with E-state index in [4.69, 9.17) is 5.73 Å². The van der Waals surface area contributed by atoms with Crippen molar-refractivity contribution in [3.63, 3.8) is 0 Å². The van der Waals surface area contributed by atoms with Gasteiger partial charge in [-0.05, 0) is 31.2 Å². The summed E-state index contributed by atoms with van der Waals surface area (Å²) in [4.78, 5) is 15.5. The van der Waals surface area contributed by atoms with Crippen LogP contribution in [0.5, 0.6) is 0 Å². The lowest BCUT2D eigenvalue weighted by atomic mass is 10.1. The van der Waals surface area contributed by atoms with Crippen molar-refractivity contribution in [1.82, 2.24) is 4.98 Å². The summed E-state index contributed by atoms with van der Waals surface area (Å²) < 4.78 is 1.01. The monoisotopic (exact) mass is 290 g/mol. The molecular weight excluding hydrogens is 280 g/mol. The van der Waals surface area contributed by atoms with Gasteiger partial charge >= 0.3 is 0 Å². The number of nitrogen functional groups attached to an aromatic ring is 1. The summed E-state index contributed by atoms with van der Waals surface area (Å²) in [6.07, 6.45) is 0. The number of benzene rings is 1. The lowest BCUT2D eigenvalue weighted by molar-refractivity contribution is 0.101. The summed E-state index contributed by atoms with van der Waals surface area (Å²) in [5, 5.41) is 0. The molecule has 0 unspecified atom stereocenters. The zero-order valence-electron chi connectivity index (χ0n) is 9.27. The van der Waals surface area contributed by atoms with Crippen LogP contribution in [0.2, 0.25) is 0 Å². The van der Waals surface area contributed by atoms with Crippen molar-refractivity contribution < 1.29 is 4.79 Å². The molecule has 2 N–H and O–H groups in total. The van der Waals surface area contributed by atoms with Gasteiger partial charge in [-0.25, -0.2) is 4.98 Å². The van der Waals surface area contributed by atoms with Crippen LogP contribution in [0.1, 0.15) is 17.3 Å². The van der Waals surface area contributed by atoms with Gasteiger partial charge in [-0.1, -0.05) is 28.1 Å². The fourth-order valence-electron chi connectivity index (χ4n) is 1.55. The Morgan fingerprint density at radius 2 is 1.82 bits per heavy atom. The van der Waals surface area contributed by atoms with E-state index in [0.29, 0.717) is 5.56 Å². The van der Waals surface area contributed by atoms with E-state index in [-0.39, 0.29) is 11.6 Å². The van der Waals surface area contributed by atoms with Crippen LogP contribution in [0.15, 0.2) is 40.9 Å². The molecule has 0 aliphatic rings. The fourth-order valence-corrected chi connectivity index (χ4v) is 1.82. The van der Waals surface area contributed by atoms with E-state index in [0.717, 1.165) is 15.7 Å². The average Bonchev–Trinajstić information content (AvgIpc) is 2.29. The third-order valence-corrected chi connectivity index (χ3v) is 2.97. The van der Waals surface area contributed by atoms with Gasteiger partial charge in [0.05, 0.1) is 11.3 Å². The Hall–Kier alpha value is -1.68. The van der Waals surface area contributed by atoms with Crippen molar-refractivity contribution in [3.8, 4) is 11.3 Å². The van der Waals surface area contributed by atoms with Gasteiger partial charge in [-0.15, -0.1) is 0 Å². The highest BCUT2D eigenvalue weighted by atomic mass is 79.9. The van der Waals surface area contributed by atoms with Crippen LogP contribution in [-0.2, 0) is 0 Å². The minimum atomic E-state index is -0.0719. The van der Waals surface area contributed by atoms with Crippen LogP contribution >= 0.6 is 15.9 Å². The van der Waals surface area contributed by atoms with Crippen molar-refractivity contribution in [3.05, 3.63) is 46.4 Å². The topological polar surface area (TPSA) is 56.0 Å². The molecule has 0 atom stereocenters. The van der Waals surface area contributed by atoms with Crippen LogP contribution in [0, 0.1) is 0 Å². The van der Waals surface area contributed by atoms with Crippen LogP contribution in [0.4, 0.5) is 5.82 Å². The number of carbonyl (C=O) groups excluding carboxylic acids is 1. The normalized spacial score (nSPS) is 10.2. The average molecular weight is 291 g/mol. The molecular formula is C13H11BrN2O. The number of ketones is 1. The van der Waals surface area contributed by atoms with Crippen LogP contribution in [0.25, 0.3) is 11.3 Å². The predicted octanol–water partition coefficient (Wildman–Crippen LogP) is 3.30. The van der Waals surface area contributed by atoms with E-state index >= 15 is 0 Å². The van der Waals surface area contributed by atoms with Crippen molar-refractivity contribution in [2.24, 2.45) is 0 Å². The summed E-state index contributed by atoms with van der Waals surface area (Å²) in [6.45, 7) is 1.48. The quantitative estimate of drug-likeness (QED) is 0.864. The van der Waals surface area contributed by atoms with Crippen molar-refractivity contribution >= 4 is 27.5 Å². The molecule has 0 aliphatic carbocycles. The lowest BCUT2D eigenvalue weighted by Crippen LogP contribution is -2.02. The number of rotatable bonds is 2. The number of nitrogens with zero attached hydrogens (tertiary/aromatic N) is 1. The second-order valence-electron chi connectivity index (χ2n) is 3.69. The zero-order valence-corrected chi connectivity index (χ0v) is 10.9. The maximum Gasteiger partial charge on any atom is 0.163 e. The first-order chi connectivity index (χ1) is 8.08. The number of pyridine rings is 1. The summed E-state index contributed by atoms with van der Waals surface area (Å²) in [5.74, 6) is 0.204. The molecule has 1 heterocycles. The number of aromatic nitrogens is 1. The van der Waals surface area contributed by atoms with E-state index in [2.05, 4.69) is 20.9 Å².